The van der Waals surface area contributed by atoms with E-state index in [2.05, 4.69) is 126 Å². The summed E-state index contributed by atoms with van der Waals surface area (Å²) in [4.78, 5) is 15.7. The third-order valence-corrected chi connectivity index (χ3v) is 9.61. The number of para-hydroxylation sites is 1. The molecule has 2 aromatic heterocycles. The van der Waals surface area contributed by atoms with Crippen molar-refractivity contribution in [2.75, 3.05) is 0 Å². The van der Waals surface area contributed by atoms with Gasteiger partial charge < -0.3 is 0 Å². The van der Waals surface area contributed by atoms with Gasteiger partial charge in [-0.3, -0.25) is 4.57 Å². The van der Waals surface area contributed by atoms with Gasteiger partial charge in [-0.25, -0.2) is 15.0 Å². The molecule has 3 heterocycles. The van der Waals surface area contributed by atoms with E-state index in [1.807, 2.05) is 36.4 Å². The van der Waals surface area contributed by atoms with Gasteiger partial charge in [-0.2, -0.15) is 0 Å². The van der Waals surface area contributed by atoms with E-state index in [-0.39, 0.29) is 0 Å². The third kappa shape index (κ3) is 3.36. The van der Waals surface area contributed by atoms with Crippen molar-refractivity contribution in [3.8, 4) is 50.7 Å². The van der Waals surface area contributed by atoms with Crippen molar-refractivity contribution in [3.05, 3.63) is 180 Å². The Morgan fingerprint density at radius 3 is 1.61 bits per heavy atom. The first-order valence-corrected chi connectivity index (χ1v) is 15.6. The minimum absolute atomic E-state index is 0.493. The maximum absolute atomic E-state index is 5.50. The molecule has 0 saturated carbocycles. The lowest BCUT2D eigenvalue weighted by Crippen LogP contribution is -2.27. The number of fused-ring (bicyclic) bond motifs is 12. The topological polar surface area (TPSA) is 43.6 Å². The lowest BCUT2D eigenvalue weighted by molar-refractivity contribution is 0.738. The van der Waals surface area contributed by atoms with E-state index in [9.17, 15) is 0 Å². The highest BCUT2D eigenvalue weighted by Gasteiger charge is 2.54. The Morgan fingerprint density at radius 2 is 0.978 bits per heavy atom. The molecule has 0 radical (unpaired) electrons. The van der Waals surface area contributed by atoms with Crippen molar-refractivity contribution in [1.82, 2.24) is 19.5 Å². The number of benzene rings is 6. The van der Waals surface area contributed by atoms with Crippen LogP contribution < -0.4 is 0 Å². The van der Waals surface area contributed by atoms with Gasteiger partial charge in [0.25, 0.3) is 0 Å². The van der Waals surface area contributed by atoms with Crippen LogP contribution in [-0.4, -0.2) is 19.5 Å². The minimum atomic E-state index is -0.493. The Hall–Kier alpha value is -6.13. The molecule has 0 atom stereocenters. The molecule has 4 heteroatoms. The molecular formula is C42H26N4. The van der Waals surface area contributed by atoms with Crippen molar-refractivity contribution >= 4 is 11.0 Å². The first kappa shape index (κ1) is 25.2. The summed E-state index contributed by atoms with van der Waals surface area (Å²) in [5.41, 5.74) is 13.9. The van der Waals surface area contributed by atoms with Gasteiger partial charge in [-0.05, 0) is 58.1 Å². The second kappa shape index (κ2) is 9.43. The van der Waals surface area contributed by atoms with E-state index in [0.29, 0.717) is 5.82 Å². The van der Waals surface area contributed by atoms with Crippen LogP contribution in [0.3, 0.4) is 0 Å². The first-order valence-electron chi connectivity index (χ1n) is 15.6. The molecular weight excluding hydrogens is 560 g/mol. The predicted octanol–water partition coefficient (Wildman–Crippen LogP) is 9.49. The van der Waals surface area contributed by atoms with E-state index in [4.69, 9.17) is 15.0 Å². The monoisotopic (exact) mass is 586 g/mol. The average molecular weight is 587 g/mol. The van der Waals surface area contributed by atoms with Gasteiger partial charge in [0, 0.05) is 16.7 Å². The van der Waals surface area contributed by atoms with Crippen molar-refractivity contribution in [1.29, 1.82) is 0 Å². The van der Waals surface area contributed by atoms with Crippen molar-refractivity contribution < 1.29 is 0 Å². The van der Waals surface area contributed by atoms with Crippen LogP contribution in [0.25, 0.3) is 61.8 Å². The van der Waals surface area contributed by atoms with Crippen molar-refractivity contribution in [2.45, 2.75) is 5.41 Å². The summed E-state index contributed by atoms with van der Waals surface area (Å²) in [5, 5.41) is 0. The summed E-state index contributed by atoms with van der Waals surface area (Å²) in [7, 11) is 0. The molecule has 214 valence electrons. The summed E-state index contributed by atoms with van der Waals surface area (Å²) >= 11 is 0. The standard InChI is InChI=1S/C42H26N4/c1-3-13-27(14-4-1)35-26-36(28-15-5-2-6-16-28)44-40(43-35)29-23-24-39-37(25-29)45-41-42(34-21-11-12-22-38(34)46(39)41)32-19-9-7-17-30(32)31-18-8-10-20-33(31)42/h1-26H. The third-order valence-electron chi connectivity index (χ3n) is 9.61. The number of hydrogen-bond donors (Lipinski definition) is 0. The maximum atomic E-state index is 5.50. The van der Waals surface area contributed by atoms with Crippen LogP contribution >= 0.6 is 0 Å². The zero-order valence-electron chi connectivity index (χ0n) is 24.8. The van der Waals surface area contributed by atoms with Crippen molar-refractivity contribution in [2.24, 2.45) is 0 Å². The molecule has 0 saturated heterocycles. The normalized spacial score (nSPS) is 13.4. The van der Waals surface area contributed by atoms with Gasteiger partial charge in [-0.1, -0.05) is 127 Å². The Bertz CT molecular complexity index is 2370. The second-order valence-corrected chi connectivity index (χ2v) is 12.0. The number of rotatable bonds is 3. The van der Waals surface area contributed by atoms with Gasteiger partial charge in [0.05, 0.1) is 28.1 Å². The lowest BCUT2D eigenvalue weighted by Gasteiger charge is -2.27. The predicted molar refractivity (Wildman–Crippen MR) is 184 cm³/mol. The molecule has 6 aromatic carbocycles. The molecule has 1 spiro atoms. The fraction of sp³-hybridized carbons (Fsp3) is 0.0238. The molecule has 0 N–H and O–H groups in total. The minimum Gasteiger partial charge on any atom is -0.295 e. The molecule has 0 unspecified atom stereocenters. The summed E-state index contributed by atoms with van der Waals surface area (Å²) in [6.45, 7) is 0. The fourth-order valence-electron chi connectivity index (χ4n) is 7.68. The molecule has 2 aliphatic rings. The van der Waals surface area contributed by atoms with E-state index in [1.165, 1.54) is 33.5 Å². The number of aromatic nitrogens is 4. The maximum Gasteiger partial charge on any atom is 0.160 e. The Labute approximate surface area is 266 Å². The van der Waals surface area contributed by atoms with Crippen LogP contribution in [0.2, 0.25) is 0 Å². The quantitative estimate of drug-likeness (QED) is 0.207. The van der Waals surface area contributed by atoms with Crippen molar-refractivity contribution in [3.63, 3.8) is 0 Å². The van der Waals surface area contributed by atoms with Crippen LogP contribution in [0.1, 0.15) is 22.5 Å². The SMILES string of the molecule is c1ccc(-c2cc(-c3ccccc3)nc(-c3ccc4c(c3)nc3n4-c4ccccc4C34c3ccccc3-c3ccccc34)n2)cc1. The van der Waals surface area contributed by atoms with Crippen LogP contribution in [-0.2, 0) is 5.41 Å². The summed E-state index contributed by atoms with van der Waals surface area (Å²) in [6.07, 6.45) is 0. The Balaban J connectivity index is 1.22. The zero-order valence-corrected chi connectivity index (χ0v) is 24.8. The molecule has 10 rings (SSSR count). The first-order chi connectivity index (χ1) is 22.8. The van der Waals surface area contributed by atoms with Crippen LogP contribution in [0.4, 0.5) is 0 Å². The molecule has 4 nitrogen and oxygen atoms in total. The number of imidazole rings is 1. The van der Waals surface area contributed by atoms with Gasteiger partial charge in [-0.15, -0.1) is 0 Å². The van der Waals surface area contributed by atoms with E-state index >= 15 is 0 Å². The average Bonchev–Trinajstić information content (AvgIpc) is 3.75. The number of nitrogens with zero attached hydrogens (tertiary/aromatic N) is 4. The molecule has 8 aromatic rings. The molecule has 0 bridgehead atoms. The smallest absolute Gasteiger partial charge is 0.160 e. The molecule has 1 aliphatic heterocycles. The molecule has 46 heavy (non-hydrogen) atoms. The van der Waals surface area contributed by atoms with E-state index in [0.717, 1.165) is 44.9 Å². The highest BCUT2D eigenvalue weighted by Crippen LogP contribution is 2.60. The van der Waals surface area contributed by atoms with Crippen LogP contribution in [0.15, 0.2) is 158 Å². The van der Waals surface area contributed by atoms with Gasteiger partial charge in [0.1, 0.15) is 11.2 Å². The van der Waals surface area contributed by atoms with Crippen LogP contribution in [0, 0.1) is 0 Å². The summed E-state index contributed by atoms with van der Waals surface area (Å²) < 4.78 is 2.37. The highest BCUT2D eigenvalue weighted by molar-refractivity contribution is 5.92. The summed E-state index contributed by atoms with van der Waals surface area (Å²) in [5.74, 6) is 1.71. The molecule has 0 amide bonds. The molecule has 1 aliphatic carbocycles. The lowest BCUT2D eigenvalue weighted by atomic mass is 9.73. The summed E-state index contributed by atoms with van der Waals surface area (Å²) in [6, 6.07) is 55.6. The number of hydrogen-bond acceptors (Lipinski definition) is 3. The fourth-order valence-corrected chi connectivity index (χ4v) is 7.68. The van der Waals surface area contributed by atoms with Gasteiger partial charge in [0.2, 0.25) is 0 Å². The van der Waals surface area contributed by atoms with E-state index in [1.54, 1.807) is 0 Å². The largest absolute Gasteiger partial charge is 0.295 e. The Morgan fingerprint density at radius 1 is 0.435 bits per heavy atom. The second-order valence-electron chi connectivity index (χ2n) is 12.0. The zero-order chi connectivity index (χ0) is 30.2. The van der Waals surface area contributed by atoms with Gasteiger partial charge >= 0.3 is 0 Å². The van der Waals surface area contributed by atoms with Gasteiger partial charge in [0.15, 0.2) is 5.82 Å². The van der Waals surface area contributed by atoms with E-state index < -0.39 is 5.41 Å². The Kier molecular flexibility index (Phi) is 5.17. The molecule has 0 fully saturated rings. The van der Waals surface area contributed by atoms with Crippen LogP contribution in [0.5, 0.6) is 0 Å². The highest BCUT2D eigenvalue weighted by atomic mass is 15.1.